The maximum absolute atomic E-state index is 2.67. The summed E-state index contributed by atoms with van der Waals surface area (Å²) in [6.45, 7) is 5.06. The SMILES string of the molecule is CC12CCCCC1(C)N(c1ccccc1)c1ccc(-c3ccc4c(c3)C3(c5ccccc5-c5ccccc53)c3ccccc3-4)cc12. The summed E-state index contributed by atoms with van der Waals surface area (Å²) in [5.74, 6) is 0. The number of benzene rings is 6. The van der Waals surface area contributed by atoms with Crippen LogP contribution in [-0.4, -0.2) is 5.54 Å². The Morgan fingerprint density at radius 2 is 0.957 bits per heavy atom. The maximum atomic E-state index is 2.67. The van der Waals surface area contributed by atoms with E-state index in [1.807, 2.05) is 0 Å². The first kappa shape index (κ1) is 26.3. The summed E-state index contributed by atoms with van der Waals surface area (Å²) >= 11 is 0. The van der Waals surface area contributed by atoms with E-state index >= 15 is 0 Å². The van der Waals surface area contributed by atoms with Gasteiger partial charge < -0.3 is 4.90 Å². The third-order valence-corrected chi connectivity index (χ3v) is 12.4. The molecule has 6 aromatic carbocycles. The van der Waals surface area contributed by atoms with Crippen LogP contribution >= 0.6 is 0 Å². The van der Waals surface area contributed by atoms with Crippen molar-refractivity contribution in [1.82, 2.24) is 0 Å². The maximum Gasteiger partial charge on any atom is 0.0725 e. The molecule has 0 bridgehead atoms. The summed E-state index contributed by atoms with van der Waals surface area (Å²) in [7, 11) is 0. The summed E-state index contributed by atoms with van der Waals surface area (Å²) in [6, 6.07) is 53.0. The third kappa shape index (κ3) is 3.07. The molecule has 0 saturated heterocycles. The smallest absolute Gasteiger partial charge is 0.0725 e. The van der Waals surface area contributed by atoms with E-state index < -0.39 is 0 Å². The van der Waals surface area contributed by atoms with Gasteiger partial charge in [-0.3, -0.25) is 0 Å². The number of rotatable bonds is 2. The van der Waals surface area contributed by atoms with Crippen LogP contribution in [0.2, 0.25) is 0 Å². The van der Waals surface area contributed by atoms with Gasteiger partial charge in [-0.1, -0.05) is 129 Å². The average Bonchev–Trinajstić information content (AvgIpc) is 3.65. The second-order valence-electron chi connectivity index (χ2n) is 14.4. The van der Waals surface area contributed by atoms with Crippen LogP contribution in [0, 0.1) is 0 Å². The molecule has 2 atom stereocenters. The quantitative estimate of drug-likeness (QED) is 0.193. The van der Waals surface area contributed by atoms with Gasteiger partial charge in [0, 0.05) is 16.8 Å². The Morgan fingerprint density at radius 3 is 1.59 bits per heavy atom. The highest BCUT2D eigenvalue weighted by molar-refractivity contribution is 5.96. The van der Waals surface area contributed by atoms with E-state index in [-0.39, 0.29) is 16.4 Å². The third-order valence-electron chi connectivity index (χ3n) is 12.4. The fourth-order valence-electron chi connectivity index (χ4n) is 10.2. The van der Waals surface area contributed by atoms with E-state index in [0.29, 0.717) is 0 Å². The van der Waals surface area contributed by atoms with Gasteiger partial charge in [0.2, 0.25) is 0 Å². The van der Waals surface area contributed by atoms with E-state index in [9.17, 15) is 0 Å². The summed E-state index contributed by atoms with van der Waals surface area (Å²) in [4.78, 5) is 2.67. The number of hydrogen-bond acceptors (Lipinski definition) is 1. The van der Waals surface area contributed by atoms with Crippen molar-refractivity contribution in [2.45, 2.75) is 55.9 Å². The zero-order valence-corrected chi connectivity index (χ0v) is 26.6. The standard InChI is InChI=1S/C45H37N/c1-43-26-12-13-27-44(43,2)46(32-14-4-3-5-15-32)42-25-23-31(29-41(42)43)30-22-24-36-35-18-8-11-21-39(35)45(40(36)28-30)37-19-9-6-16-33(37)34-17-7-10-20-38(34)45/h3-11,14-25,28-29H,12-13,26-27H2,1-2H3. The molecular weight excluding hydrogens is 555 g/mol. The molecule has 2 unspecified atom stereocenters. The van der Waals surface area contributed by atoms with Crippen molar-refractivity contribution in [3.05, 3.63) is 167 Å². The van der Waals surface area contributed by atoms with Crippen LogP contribution in [0.3, 0.4) is 0 Å². The van der Waals surface area contributed by atoms with Gasteiger partial charge in [0.15, 0.2) is 0 Å². The molecule has 6 aromatic rings. The Morgan fingerprint density at radius 1 is 0.457 bits per heavy atom. The predicted octanol–water partition coefficient (Wildman–Crippen LogP) is 11.4. The summed E-state index contributed by atoms with van der Waals surface area (Å²) in [5.41, 5.74) is 17.7. The molecule has 1 aliphatic heterocycles. The van der Waals surface area contributed by atoms with E-state index in [4.69, 9.17) is 0 Å². The lowest BCUT2D eigenvalue weighted by Crippen LogP contribution is -2.54. The lowest BCUT2D eigenvalue weighted by atomic mass is 9.61. The van der Waals surface area contributed by atoms with Crippen LogP contribution in [0.1, 0.15) is 67.3 Å². The number of para-hydroxylation sites is 1. The second-order valence-corrected chi connectivity index (χ2v) is 14.4. The van der Waals surface area contributed by atoms with Gasteiger partial charge in [0.05, 0.1) is 11.0 Å². The number of hydrogen-bond donors (Lipinski definition) is 0. The van der Waals surface area contributed by atoms with Gasteiger partial charge in [0.1, 0.15) is 0 Å². The minimum Gasteiger partial charge on any atom is -0.334 e. The van der Waals surface area contributed by atoms with Crippen LogP contribution in [0.4, 0.5) is 11.4 Å². The van der Waals surface area contributed by atoms with Crippen LogP contribution in [0.25, 0.3) is 33.4 Å². The van der Waals surface area contributed by atoms with Crippen molar-refractivity contribution in [2.24, 2.45) is 0 Å². The summed E-state index contributed by atoms with van der Waals surface area (Å²) in [5, 5.41) is 0. The largest absolute Gasteiger partial charge is 0.334 e. The lowest BCUT2D eigenvalue weighted by molar-refractivity contribution is 0.195. The Kier molecular flexibility index (Phi) is 5.22. The molecule has 0 N–H and O–H groups in total. The molecular formula is C45H37N. The first-order valence-corrected chi connectivity index (χ1v) is 17.0. The monoisotopic (exact) mass is 591 g/mol. The van der Waals surface area contributed by atoms with E-state index in [1.165, 1.54) is 98.3 Å². The molecule has 1 spiro atoms. The van der Waals surface area contributed by atoms with Gasteiger partial charge in [0.25, 0.3) is 0 Å². The van der Waals surface area contributed by atoms with Gasteiger partial charge in [-0.15, -0.1) is 0 Å². The van der Waals surface area contributed by atoms with Crippen LogP contribution < -0.4 is 4.90 Å². The molecule has 4 aliphatic rings. The predicted molar refractivity (Wildman–Crippen MR) is 191 cm³/mol. The zero-order valence-electron chi connectivity index (χ0n) is 26.6. The van der Waals surface area contributed by atoms with Gasteiger partial charge in [-0.25, -0.2) is 0 Å². The highest BCUT2D eigenvalue weighted by Gasteiger charge is 2.58. The molecule has 1 fully saturated rings. The zero-order chi connectivity index (χ0) is 30.7. The molecule has 0 amide bonds. The van der Waals surface area contributed by atoms with Crippen LogP contribution in [0.15, 0.2) is 140 Å². The molecule has 1 heteroatoms. The van der Waals surface area contributed by atoms with Crippen molar-refractivity contribution < 1.29 is 0 Å². The Balaban J connectivity index is 1.20. The van der Waals surface area contributed by atoms with Gasteiger partial charge in [-0.05, 0) is 111 Å². The van der Waals surface area contributed by atoms with Crippen molar-refractivity contribution in [2.75, 3.05) is 4.90 Å². The molecule has 0 radical (unpaired) electrons. The van der Waals surface area contributed by atoms with Crippen LogP contribution in [-0.2, 0) is 10.8 Å². The minimum absolute atomic E-state index is 0.0501. The van der Waals surface area contributed by atoms with Crippen LogP contribution in [0.5, 0.6) is 0 Å². The molecule has 222 valence electrons. The van der Waals surface area contributed by atoms with Gasteiger partial charge in [-0.2, -0.15) is 0 Å². The van der Waals surface area contributed by atoms with E-state index in [2.05, 4.69) is 158 Å². The first-order valence-electron chi connectivity index (χ1n) is 17.0. The van der Waals surface area contributed by atoms with E-state index in [0.717, 1.165) is 0 Å². The molecule has 3 aliphatic carbocycles. The number of anilines is 2. The van der Waals surface area contributed by atoms with Crippen molar-refractivity contribution >= 4 is 11.4 Å². The Bertz CT molecular complexity index is 2150. The van der Waals surface area contributed by atoms with Crippen molar-refractivity contribution in [1.29, 1.82) is 0 Å². The number of nitrogens with zero attached hydrogens (tertiary/aromatic N) is 1. The molecule has 0 aromatic heterocycles. The minimum atomic E-state index is -0.316. The normalized spacial score (nSPS) is 22.5. The molecule has 10 rings (SSSR count). The van der Waals surface area contributed by atoms with Crippen molar-refractivity contribution in [3.8, 4) is 33.4 Å². The Labute approximate surface area is 272 Å². The second kappa shape index (κ2) is 9.10. The fourth-order valence-corrected chi connectivity index (χ4v) is 10.2. The first-order chi connectivity index (χ1) is 22.6. The Hall–Kier alpha value is -4.88. The topological polar surface area (TPSA) is 3.24 Å². The highest BCUT2D eigenvalue weighted by atomic mass is 15.3. The fraction of sp³-hybridized carbons (Fsp3) is 0.200. The molecule has 1 heterocycles. The lowest BCUT2D eigenvalue weighted by Gasteiger charge is -2.50. The molecule has 46 heavy (non-hydrogen) atoms. The molecule has 1 nitrogen and oxygen atoms in total. The van der Waals surface area contributed by atoms with Crippen molar-refractivity contribution in [3.63, 3.8) is 0 Å². The van der Waals surface area contributed by atoms with Gasteiger partial charge >= 0.3 is 0 Å². The molecule has 1 saturated carbocycles. The average molecular weight is 592 g/mol. The summed E-state index contributed by atoms with van der Waals surface area (Å²) < 4.78 is 0. The number of fused-ring (bicyclic) bond motifs is 13. The summed E-state index contributed by atoms with van der Waals surface area (Å²) in [6.07, 6.45) is 5.00. The highest BCUT2D eigenvalue weighted by Crippen LogP contribution is 2.64. The van der Waals surface area contributed by atoms with E-state index in [1.54, 1.807) is 0 Å².